The standard InChI is InChI=1S/C18H23N3S/c19-18(22)21-17-12-7-11-16(14-17)20-13-6-2-5-10-15-8-3-1-4-9-15/h1,3-4,7-9,11-12,14,20H,2,5-6,10,13H2,(H3,19,21,22). The molecular weight excluding hydrogens is 290 g/mol. The molecule has 0 atom stereocenters. The van der Waals surface area contributed by atoms with Crippen molar-refractivity contribution in [1.82, 2.24) is 0 Å². The minimum Gasteiger partial charge on any atom is -0.385 e. The van der Waals surface area contributed by atoms with Gasteiger partial charge in [0.1, 0.15) is 0 Å². The first-order chi connectivity index (χ1) is 10.7. The normalized spacial score (nSPS) is 10.2. The van der Waals surface area contributed by atoms with Gasteiger partial charge in [-0.15, -0.1) is 0 Å². The number of nitrogens with two attached hydrogens (primary N) is 1. The fourth-order valence-electron chi connectivity index (χ4n) is 2.36. The van der Waals surface area contributed by atoms with Crippen molar-refractivity contribution in [1.29, 1.82) is 0 Å². The molecule has 0 aliphatic carbocycles. The highest BCUT2D eigenvalue weighted by Crippen LogP contribution is 2.15. The molecule has 0 saturated heterocycles. The van der Waals surface area contributed by atoms with Gasteiger partial charge in [-0.25, -0.2) is 0 Å². The molecule has 0 bridgehead atoms. The maximum absolute atomic E-state index is 5.48. The summed E-state index contributed by atoms with van der Waals surface area (Å²) in [5, 5.41) is 6.67. The van der Waals surface area contributed by atoms with E-state index in [1.54, 1.807) is 0 Å². The minimum absolute atomic E-state index is 0.290. The van der Waals surface area contributed by atoms with E-state index in [0.29, 0.717) is 0 Å². The van der Waals surface area contributed by atoms with E-state index in [9.17, 15) is 0 Å². The topological polar surface area (TPSA) is 50.1 Å². The van der Waals surface area contributed by atoms with E-state index in [4.69, 9.17) is 18.0 Å². The predicted octanol–water partition coefficient (Wildman–Crippen LogP) is 4.17. The van der Waals surface area contributed by atoms with E-state index in [1.807, 2.05) is 18.2 Å². The molecule has 116 valence electrons. The molecule has 0 spiro atoms. The smallest absolute Gasteiger partial charge is 0.168 e. The summed E-state index contributed by atoms with van der Waals surface area (Å²) in [4.78, 5) is 0. The molecule has 4 N–H and O–H groups in total. The van der Waals surface area contributed by atoms with Crippen LogP contribution in [0.4, 0.5) is 11.4 Å². The molecule has 0 saturated carbocycles. The third-order valence-corrected chi connectivity index (χ3v) is 3.55. The van der Waals surface area contributed by atoms with Gasteiger partial charge in [-0.1, -0.05) is 42.8 Å². The zero-order valence-electron chi connectivity index (χ0n) is 12.7. The van der Waals surface area contributed by atoms with Gasteiger partial charge in [0, 0.05) is 17.9 Å². The Morgan fingerprint density at radius 2 is 1.68 bits per heavy atom. The largest absolute Gasteiger partial charge is 0.385 e. The van der Waals surface area contributed by atoms with Gasteiger partial charge in [0.25, 0.3) is 0 Å². The minimum atomic E-state index is 0.290. The van der Waals surface area contributed by atoms with E-state index in [2.05, 4.69) is 47.0 Å². The van der Waals surface area contributed by atoms with Gasteiger partial charge in [-0.05, 0) is 55.2 Å². The third kappa shape index (κ3) is 6.14. The highest BCUT2D eigenvalue weighted by atomic mass is 32.1. The van der Waals surface area contributed by atoms with E-state index < -0.39 is 0 Å². The van der Waals surface area contributed by atoms with Crippen LogP contribution in [0.25, 0.3) is 0 Å². The maximum atomic E-state index is 5.48. The Morgan fingerprint density at radius 3 is 2.45 bits per heavy atom. The molecule has 4 heteroatoms. The van der Waals surface area contributed by atoms with Gasteiger partial charge >= 0.3 is 0 Å². The summed E-state index contributed by atoms with van der Waals surface area (Å²) in [6.07, 6.45) is 4.79. The average Bonchev–Trinajstić information content (AvgIpc) is 2.51. The van der Waals surface area contributed by atoms with Gasteiger partial charge in [0.2, 0.25) is 0 Å². The monoisotopic (exact) mass is 313 g/mol. The Balaban J connectivity index is 1.63. The molecule has 0 unspecified atom stereocenters. The lowest BCUT2D eigenvalue weighted by atomic mass is 10.1. The van der Waals surface area contributed by atoms with Crippen LogP contribution in [0.1, 0.15) is 24.8 Å². The highest BCUT2D eigenvalue weighted by Gasteiger charge is 1.97. The van der Waals surface area contributed by atoms with E-state index >= 15 is 0 Å². The maximum Gasteiger partial charge on any atom is 0.168 e. The van der Waals surface area contributed by atoms with E-state index in [0.717, 1.165) is 24.3 Å². The van der Waals surface area contributed by atoms with Crippen LogP contribution in [0.5, 0.6) is 0 Å². The number of thiocarbonyl (C=S) groups is 1. The Morgan fingerprint density at radius 1 is 0.909 bits per heavy atom. The fraction of sp³-hybridized carbons (Fsp3) is 0.278. The zero-order valence-corrected chi connectivity index (χ0v) is 13.5. The zero-order chi connectivity index (χ0) is 15.6. The van der Waals surface area contributed by atoms with Gasteiger partial charge < -0.3 is 16.4 Å². The average molecular weight is 313 g/mol. The van der Waals surface area contributed by atoms with Crippen LogP contribution in [0, 0.1) is 0 Å². The first-order valence-corrected chi connectivity index (χ1v) is 8.09. The number of hydrogen-bond acceptors (Lipinski definition) is 2. The molecule has 0 fully saturated rings. The van der Waals surface area contributed by atoms with Crippen molar-refractivity contribution in [3.63, 3.8) is 0 Å². The second kappa shape index (κ2) is 9.05. The number of nitrogens with one attached hydrogen (secondary N) is 2. The fourth-order valence-corrected chi connectivity index (χ4v) is 2.48. The number of unbranched alkanes of at least 4 members (excludes halogenated alkanes) is 2. The van der Waals surface area contributed by atoms with E-state index in [1.165, 1.54) is 24.8 Å². The molecule has 2 aromatic rings. The summed E-state index contributed by atoms with van der Waals surface area (Å²) >= 11 is 4.84. The van der Waals surface area contributed by atoms with Crippen LogP contribution in [0.15, 0.2) is 54.6 Å². The molecule has 0 aliphatic heterocycles. The van der Waals surface area contributed by atoms with Crippen molar-refractivity contribution in [2.24, 2.45) is 5.73 Å². The van der Waals surface area contributed by atoms with Crippen molar-refractivity contribution in [3.8, 4) is 0 Å². The lowest BCUT2D eigenvalue weighted by Gasteiger charge is -2.09. The number of aryl methyl sites for hydroxylation is 1. The SMILES string of the molecule is NC(=S)Nc1cccc(NCCCCCc2ccccc2)c1. The highest BCUT2D eigenvalue weighted by molar-refractivity contribution is 7.80. The Hall–Kier alpha value is -2.07. The quantitative estimate of drug-likeness (QED) is 0.506. The molecular formula is C18H23N3S. The van der Waals surface area contributed by atoms with Crippen LogP contribution >= 0.6 is 12.2 Å². The Labute approximate surface area is 137 Å². The molecule has 2 rings (SSSR count). The van der Waals surface area contributed by atoms with Crippen LogP contribution in [-0.2, 0) is 6.42 Å². The van der Waals surface area contributed by atoms with Crippen LogP contribution in [0.2, 0.25) is 0 Å². The summed E-state index contributed by atoms with van der Waals surface area (Å²) in [5.41, 5.74) is 8.91. The molecule has 22 heavy (non-hydrogen) atoms. The first-order valence-electron chi connectivity index (χ1n) is 7.68. The Kier molecular flexibility index (Phi) is 6.71. The lowest BCUT2D eigenvalue weighted by molar-refractivity contribution is 0.698. The summed E-state index contributed by atoms with van der Waals surface area (Å²) in [6, 6.07) is 18.7. The second-order valence-electron chi connectivity index (χ2n) is 5.29. The predicted molar refractivity (Wildman–Crippen MR) is 99.3 cm³/mol. The Bertz CT molecular complexity index is 584. The number of rotatable bonds is 8. The molecule has 2 aromatic carbocycles. The van der Waals surface area contributed by atoms with Gasteiger partial charge in [0.05, 0.1) is 0 Å². The summed E-state index contributed by atoms with van der Waals surface area (Å²) in [5.74, 6) is 0. The van der Waals surface area contributed by atoms with Crippen molar-refractivity contribution in [3.05, 3.63) is 60.2 Å². The van der Waals surface area contributed by atoms with Gasteiger partial charge in [-0.2, -0.15) is 0 Å². The molecule has 0 heterocycles. The van der Waals surface area contributed by atoms with Crippen molar-refractivity contribution < 1.29 is 0 Å². The van der Waals surface area contributed by atoms with Gasteiger partial charge in [0.15, 0.2) is 5.11 Å². The molecule has 0 aliphatic rings. The summed E-state index contributed by atoms with van der Waals surface area (Å²) in [7, 11) is 0. The van der Waals surface area contributed by atoms with Crippen LogP contribution in [0.3, 0.4) is 0 Å². The van der Waals surface area contributed by atoms with Crippen LogP contribution in [-0.4, -0.2) is 11.7 Å². The molecule has 3 nitrogen and oxygen atoms in total. The van der Waals surface area contributed by atoms with Crippen molar-refractivity contribution >= 4 is 28.7 Å². The molecule has 0 radical (unpaired) electrons. The lowest BCUT2D eigenvalue weighted by Crippen LogP contribution is -2.18. The number of anilines is 2. The number of hydrogen-bond donors (Lipinski definition) is 3. The van der Waals surface area contributed by atoms with Crippen molar-refractivity contribution in [2.45, 2.75) is 25.7 Å². The first kappa shape index (κ1) is 16.3. The molecule has 0 aromatic heterocycles. The van der Waals surface area contributed by atoms with Crippen LogP contribution < -0.4 is 16.4 Å². The summed E-state index contributed by atoms with van der Waals surface area (Å²) < 4.78 is 0. The van der Waals surface area contributed by atoms with Gasteiger partial charge in [-0.3, -0.25) is 0 Å². The van der Waals surface area contributed by atoms with E-state index in [-0.39, 0.29) is 5.11 Å². The third-order valence-electron chi connectivity index (χ3n) is 3.44. The summed E-state index contributed by atoms with van der Waals surface area (Å²) in [6.45, 7) is 0.977. The second-order valence-corrected chi connectivity index (χ2v) is 5.73. The molecule has 0 amide bonds. The number of benzene rings is 2. The van der Waals surface area contributed by atoms with Crippen molar-refractivity contribution in [2.75, 3.05) is 17.2 Å².